The van der Waals surface area contributed by atoms with Gasteiger partial charge in [0.25, 0.3) is 0 Å². The van der Waals surface area contributed by atoms with Gasteiger partial charge in [-0.2, -0.15) is 0 Å². The summed E-state index contributed by atoms with van der Waals surface area (Å²) >= 11 is 0. The topological polar surface area (TPSA) is 15.3 Å². The van der Waals surface area contributed by atoms with Crippen LogP contribution in [0.25, 0.3) is 0 Å². The average Bonchev–Trinajstić information content (AvgIpc) is 2.84. The molecule has 3 rings (SSSR count). The van der Waals surface area contributed by atoms with E-state index in [1.807, 2.05) is 0 Å². The lowest BCUT2D eigenvalue weighted by molar-refractivity contribution is 0.231. The monoisotopic (exact) mass is 286 g/mol. The maximum absolute atomic E-state index is 3.75. The molecule has 2 nitrogen and oxygen atoms in total. The predicted octanol–water partition coefficient (Wildman–Crippen LogP) is 3.39. The van der Waals surface area contributed by atoms with E-state index in [2.05, 4.69) is 42.3 Å². The first-order valence-corrected chi connectivity index (χ1v) is 8.82. The van der Waals surface area contributed by atoms with Crippen molar-refractivity contribution in [2.24, 2.45) is 5.92 Å². The molecular formula is C19H30N2. The van der Waals surface area contributed by atoms with Gasteiger partial charge in [-0.05, 0) is 61.4 Å². The third-order valence-electron chi connectivity index (χ3n) is 5.41. The van der Waals surface area contributed by atoms with Crippen molar-refractivity contribution in [3.05, 3.63) is 34.9 Å². The van der Waals surface area contributed by atoms with E-state index >= 15 is 0 Å². The van der Waals surface area contributed by atoms with E-state index in [4.69, 9.17) is 0 Å². The van der Waals surface area contributed by atoms with Crippen molar-refractivity contribution in [3.63, 3.8) is 0 Å². The second-order valence-corrected chi connectivity index (χ2v) is 6.99. The summed E-state index contributed by atoms with van der Waals surface area (Å²) in [6, 6.07) is 7.87. The molecule has 2 unspecified atom stereocenters. The van der Waals surface area contributed by atoms with Crippen LogP contribution in [0.3, 0.4) is 0 Å². The van der Waals surface area contributed by atoms with E-state index in [-0.39, 0.29) is 0 Å². The standard InChI is InChI=1S/C19H30N2/c1-3-15(2)19-14-21(11-5-10-20-19)13-16-8-9-17-6-4-7-18(17)12-16/h8-9,12,15,19-20H,3-7,10-11,13-14H2,1-2H3. The highest BCUT2D eigenvalue weighted by Gasteiger charge is 2.22. The molecule has 1 fully saturated rings. The molecule has 1 heterocycles. The first-order chi connectivity index (χ1) is 10.3. The predicted molar refractivity (Wildman–Crippen MR) is 89.6 cm³/mol. The number of aryl methyl sites for hydroxylation is 2. The lowest BCUT2D eigenvalue weighted by atomic mass is 9.98. The van der Waals surface area contributed by atoms with Gasteiger partial charge in [0.2, 0.25) is 0 Å². The lowest BCUT2D eigenvalue weighted by Crippen LogP contribution is -2.41. The Balaban J connectivity index is 1.65. The van der Waals surface area contributed by atoms with Crippen LogP contribution in [-0.4, -0.2) is 30.6 Å². The van der Waals surface area contributed by atoms with Gasteiger partial charge in [0.05, 0.1) is 0 Å². The zero-order chi connectivity index (χ0) is 14.7. The molecule has 1 saturated heterocycles. The molecule has 0 bridgehead atoms. The van der Waals surface area contributed by atoms with Gasteiger partial charge >= 0.3 is 0 Å². The SMILES string of the molecule is CCC(C)C1CN(Cc2ccc3c(c2)CCC3)CCCN1. The van der Waals surface area contributed by atoms with Crippen LogP contribution in [0, 0.1) is 5.92 Å². The summed E-state index contributed by atoms with van der Waals surface area (Å²) in [6.07, 6.45) is 6.48. The van der Waals surface area contributed by atoms with Crippen LogP contribution < -0.4 is 5.32 Å². The Labute approximate surface area is 129 Å². The summed E-state index contributed by atoms with van der Waals surface area (Å²) in [4.78, 5) is 2.66. The van der Waals surface area contributed by atoms with E-state index in [1.165, 1.54) is 57.3 Å². The van der Waals surface area contributed by atoms with Crippen molar-refractivity contribution in [1.82, 2.24) is 10.2 Å². The van der Waals surface area contributed by atoms with E-state index in [9.17, 15) is 0 Å². The molecular weight excluding hydrogens is 256 g/mol. The number of nitrogens with one attached hydrogen (secondary N) is 1. The number of rotatable bonds is 4. The van der Waals surface area contributed by atoms with E-state index in [0.717, 1.165) is 12.5 Å². The van der Waals surface area contributed by atoms with Crippen molar-refractivity contribution in [2.75, 3.05) is 19.6 Å². The maximum Gasteiger partial charge on any atom is 0.0234 e. The third-order valence-corrected chi connectivity index (χ3v) is 5.41. The average molecular weight is 286 g/mol. The summed E-state index contributed by atoms with van der Waals surface area (Å²) in [5, 5.41) is 3.75. The molecule has 0 saturated carbocycles. The molecule has 1 aliphatic heterocycles. The minimum Gasteiger partial charge on any atom is -0.312 e. The van der Waals surface area contributed by atoms with Crippen LogP contribution in [0.2, 0.25) is 0 Å². The van der Waals surface area contributed by atoms with Crippen molar-refractivity contribution < 1.29 is 0 Å². The van der Waals surface area contributed by atoms with E-state index in [1.54, 1.807) is 11.1 Å². The Bertz CT molecular complexity index is 469. The van der Waals surface area contributed by atoms with Gasteiger partial charge in [-0.15, -0.1) is 0 Å². The summed E-state index contributed by atoms with van der Waals surface area (Å²) in [6.45, 7) is 9.43. The molecule has 1 N–H and O–H groups in total. The van der Waals surface area contributed by atoms with Crippen molar-refractivity contribution in [3.8, 4) is 0 Å². The van der Waals surface area contributed by atoms with Gasteiger partial charge in [0.1, 0.15) is 0 Å². The molecule has 0 amide bonds. The molecule has 21 heavy (non-hydrogen) atoms. The van der Waals surface area contributed by atoms with Crippen LogP contribution in [0.4, 0.5) is 0 Å². The second-order valence-electron chi connectivity index (χ2n) is 6.99. The number of fused-ring (bicyclic) bond motifs is 1. The maximum atomic E-state index is 3.75. The van der Waals surface area contributed by atoms with Crippen molar-refractivity contribution >= 4 is 0 Å². The summed E-state index contributed by atoms with van der Waals surface area (Å²) < 4.78 is 0. The molecule has 0 radical (unpaired) electrons. The normalized spacial score (nSPS) is 24.6. The highest BCUT2D eigenvalue weighted by Crippen LogP contribution is 2.24. The van der Waals surface area contributed by atoms with Gasteiger partial charge in [0, 0.05) is 19.1 Å². The number of nitrogens with zero attached hydrogens (tertiary/aromatic N) is 1. The molecule has 2 atom stereocenters. The minimum absolute atomic E-state index is 0.659. The third kappa shape index (κ3) is 3.67. The summed E-state index contributed by atoms with van der Waals surface area (Å²) in [5.74, 6) is 0.769. The highest BCUT2D eigenvalue weighted by atomic mass is 15.2. The molecule has 2 heteroatoms. The fraction of sp³-hybridized carbons (Fsp3) is 0.684. The second kappa shape index (κ2) is 6.93. The Morgan fingerprint density at radius 1 is 1.24 bits per heavy atom. The molecule has 1 aromatic rings. The highest BCUT2D eigenvalue weighted by molar-refractivity contribution is 5.35. The van der Waals surface area contributed by atoms with Gasteiger partial charge in [-0.1, -0.05) is 38.5 Å². The number of hydrogen-bond acceptors (Lipinski definition) is 2. The lowest BCUT2D eigenvalue weighted by Gasteiger charge is -2.28. The fourth-order valence-electron chi connectivity index (χ4n) is 3.82. The zero-order valence-electron chi connectivity index (χ0n) is 13.7. The van der Waals surface area contributed by atoms with Gasteiger partial charge in [0.15, 0.2) is 0 Å². The summed E-state index contributed by atoms with van der Waals surface area (Å²) in [7, 11) is 0. The molecule has 116 valence electrons. The number of hydrogen-bond donors (Lipinski definition) is 1. The Morgan fingerprint density at radius 3 is 2.95 bits per heavy atom. The van der Waals surface area contributed by atoms with Crippen LogP contribution in [0.5, 0.6) is 0 Å². The Hall–Kier alpha value is -0.860. The van der Waals surface area contributed by atoms with Gasteiger partial charge in [-0.25, -0.2) is 0 Å². The van der Waals surface area contributed by atoms with Crippen LogP contribution in [0.15, 0.2) is 18.2 Å². The quantitative estimate of drug-likeness (QED) is 0.913. The first kappa shape index (κ1) is 15.1. The van der Waals surface area contributed by atoms with Gasteiger partial charge in [-0.3, -0.25) is 4.90 Å². The molecule has 0 aromatic heterocycles. The van der Waals surface area contributed by atoms with Crippen LogP contribution in [-0.2, 0) is 19.4 Å². The van der Waals surface area contributed by atoms with Crippen LogP contribution in [0.1, 0.15) is 49.8 Å². The molecule has 1 aliphatic carbocycles. The molecule has 1 aromatic carbocycles. The first-order valence-electron chi connectivity index (χ1n) is 8.82. The Kier molecular flexibility index (Phi) is 4.97. The number of benzene rings is 1. The largest absolute Gasteiger partial charge is 0.312 e. The summed E-state index contributed by atoms with van der Waals surface area (Å²) in [5.41, 5.74) is 4.72. The van der Waals surface area contributed by atoms with E-state index in [0.29, 0.717) is 6.04 Å². The minimum atomic E-state index is 0.659. The Morgan fingerprint density at radius 2 is 2.10 bits per heavy atom. The van der Waals surface area contributed by atoms with E-state index < -0.39 is 0 Å². The van der Waals surface area contributed by atoms with Crippen molar-refractivity contribution in [1.29, 1.82) is 0 Å². The zero-order valence-corrected chi connectivity index (χ0v) is 13.7. The van der Waals surface area contributed by atoms with Gasteiger partial charge < -0.3 is 5.32 Å². The van der Waals surface area contributed by atoms with Crippen molar-refractivity contribution in [2.45, 2.75) is 58.5 Å². The van der Waals surface area contributed by atoms with Crippen LogP contribution >= 0.6 is 0 Å². The molecule has 0 spiro atoms. The fourth-order valence-corrected chi connectivity index (χ4v) is 3.82. The molecule has 2 aliphatic rings. The smallest absolute Gasteiger partial charge is 0.0234 e.